The van der Waals surface area contributed by atoms with Gasteiger partial charge in [0.25, 0.3) is 0 Å². The average Bonchev–Trinajstić information content (AvgIpc) is 3.05. The summed E-state index contributed by atoms with van der Waals surface area (Å²) in [7, 11) is 4.10. The summed E-state index contributed by atoms with van der Waals surface area (Å²) in [4.78, 5) is 18.8. The second-order valence-corrected chi connectivity index (χ2v) is 7.66. The van der Waals surface area contributed by atoms with Crippen LogP contribution in [0.5, 0.6) is 0 Å². The van der Waals surface area contributed by atoms with Crippen LogP contribution in [0.4, 0.5) is 4.79 Å². The molecule has 1 aromatic heterocycles. The quantitative estimate of drug-likeness (QED) is 0.798. The molecule has 2 atom stereocenters. The summed E-state index contributed by atoms with van der Waals surface area (Å²) < 4.78 is 1.97. The fraction of sp³-hybridized carbons (Fsp3) is 0.500. The molecule has 2 aromatic rings. The van der Waals surface area contributed by atoms with Crippen LogP contribution in [0, 0.1) is 5.92 Å². The van der Waals surface area contributed by atoms with Gasteiger partial charge in [-0.3, -0.25) is 4.90 Å². The highest BCUT2D eigenvalue weighted by Gasteiger charge is 2.30. The van der Waals surface area contributed by atoms with Gasteiger partial charge in [-0.05, 0) is 50.0 Å². The predicted octanol–water partition coefficient (Wildman–Crippen LogP) is 3.00. The molecular weight excluding hydrogens is 362 g/mol. The molecule has 2 heterocycles. The minimum atomic E-state index is -0.123. The maximum Gasteiger partial charge on any atom is 0.314 e. The van der Waals surface area contributed by atoms with E-state index < -0.39 is 0 Å². The Labute approximate surface area is 165 Å². The van der Waals surface area contributed by atoms with Gasteiger partial charge in [-0.15, -0.1) is 0 Å². The Balaban J connectivity index is 1.51. The summed E-state index contributed by atoms with van der Waals surface area (Å²) in [6, 6.07) is 8.20. The first-order chi connectivity index (χ1) is 13.0. The molecule has 0 radical (unpaired) electrons. The molecule has 0 bridgehead atoms. The number of carbonyl (C=O) groups excluding carboxylic acids is 1. The van der Waals surface area contributed by atoms with Crippen molar-refractivity contribution in [3.05, 3.63) is 53.1 Å². The van der Waals surface area contributed by atoms with E-state index in [0.717, 1.165) is 30.2 Å². The second kappa shape index (κ2) is 9.24. The third-order valence-corrected chi connectivity index (χ3v) is 5.51. The number of likely N-dealkylation sites (tertiary alicyclic amines) is 1. The number of urea groups is 1. The summed E-state index contributed by atoms with van der Waals surface area (Å²) in [6.45, 7) is 2.28. The van der Waals surface area contributed by atoms with Crippen molar-refractivity contribution in [1.82, 2.24) is 25.1 Å². The van der Waals surface area contributed by atoms with E-state index in [0.29, 0.717) is 25.4 Å². The molecule has 7 heteroatoms. The molecule has 27 heavy (non-hydrogen) atoms. The third-order valence-electron chi connectivity index (χ3n) is 5.28. The van der Waals surface area contributed by atoms with Gasteiger partial charge in [-0.2, -0.15) is 0 Å². The molecule has 2 unspecified atom stereocenters. The Hall–Kier alpha value is -2.05. The fourth-order valence-corrected chi connectivity index (χ4v) is 4.10. The first kappa shape index (κ1) is 19.7. The van der Waals surface area contributed by atoms with E-state index in [2.05, 4.69) is 33.6 Å². The van der Waals surface area contributed by atoms with E-state index in [9.17, 15) is 4.79 Å². The average molecular weight is 390 g/mol. The Morgan fingerprint density at radius 3 is 2.93 bits per heavy atom. The maximum absolute atomic E-state index is 12.2. The van der Waals surface area contributed by atoms with Gasteiger partial charge in [0.1, 0.15) is 5.82 Å². The summed E-state index contributed by atoms with van der Waals surface area (Å²) >= 11 is 6.19. The van der Waals surface area contributed by atoms with Crippen molar-refractivity contribution < 1.29 is 4.79 Å². The molecule has 146 valence electrons. The number of piperidine rings is 1. The Morgan fingerprint density at radius 1 is 1.33 bits per heavy atom. The van der Waals surface area contributed by atoms with E-state index in [-0.39, 0.29) is 12.1 Å². The van der Waals surface area contributed by atoms with Crippen molar-refractivity contribution in [1.29, 1.82) is 0 Å². The molecule has 3 rings (SSSR count). The number of amides is 2. The van der Waals surface area contributed by atoms with Gasteiger partial charge in [-0.25, -0.2) is 9.78 Å². The number of carbonyl (C=O) groups is 1. The monoisotopic (exact) mass is 389 g/mol. The highest BCUT2D eigenvalue weighted by molar-refractivity contribution is 6.30. The van der Waals surface area contributed by atoms with Crippen LogP contribution >= 0.6 is 11.6 Å². The number of aryl methyl sites for hydroxylation is 1. The van der Waals surface area contributed by atoms with Gasteiger partial charge >= 0.3 is 6.03 Å². The van der Waals surface area contributed by atoms with Crippen molar-refractivity contribution in [2.24, 2.45) is 13.0 Å². The highest BCUT2D eigenvalue weighted by atomic mass is 35.5. The summed E-state index contributed by atoms with van der Waals surface area (Å²) in [6.07, 6.45) is 6.62. The summed E-state index contributed by atoms with van der Waals surface area (Å²) in [5.41, 5.74) is 1.21. The zero-order valence-electron chi connectivity index (χ0n) is 16.0. The van der Waals surface area contributed by atoms with Crippen molar-refractivity contribution in [2.75, 3.05) is 26.7 Å². The molecule has 1 aromatic carbocycles. The molecule has 1 saturated heterocycles. The normalized spacial score (nSPS) is 20.4. The van der Waals surface area contributed by atoms with Crippen LogP contribution in [0.25, 0.3) is 0 Å². The molecule has 1 aliphatic rings. The zero-order valence-corrected chi connectivity index (χ0v) is 16.7. The van der Waals surface area contributed by atoms with Crippen LogP contribution < -0.4 is 10.6 Å². The van der Waals surface area contributed by atoms with E-state index in [1.807, 2.05) is 36.0 Å². The lowest BCUT2D eigenvalue weighted by Crippen LogP contribution is -2.44. The van der Waals surface area contributed by atoms with E-state index in [4.69, 9.17) is 11.6 Å². The number of halogens is 1. The van der Waals surface area contributed by atoms with Gasteiger partial charge in [-0.1, -0.05) is 23.7 Å². The molecule has 2 N–H and O–H groups in total. The lowest BCUT2D eigenvalue weighted by molar-refractivity contribution is 0.120. The standard InChI is InChI=1S/C20H28ClN5O/c1-25-12-10-22-18(25)8-9-23-20(27)24-14-16-6-4-11-26(2)19(16)15-5-3-7-17(21)13-15/h3,5,7,10,12-13,16,19H,4,6,8-9,11,14H2,1-2H3,(H2,23,24,27). The minimum absolute atomic E-state index is 0.123. The SMILES string of the molecule is CN1CCCC(CNC(=O)NCCc2nccn2C)C1c1cccc(Cl)c1. The number of aromatic nitrogens is 2. The molecule has 0 spiro atoms. The predicted molar refractivity (Wildman–Crippen MR) is 108 cm³/mol. The molecule has 2 amide bonds. The number of imidazole rings is 1. The number of hydrogen-bond acceptors (Lipinski definition) is 3. The van der Waals surface area contributed by atoms with Crippen LogP contribution in [0.15, 0.2) is 36.7 Å². The van der Waals surface area contributed by atoms with Crippen LogP contribution in [0.2, 0.25) is 5.02 Å². The fourth-order valence-electron chi connectivity index (χ4n) is 3.90. The largest absolute Gasteiger partial charge is 0.338 e. The third kappa shape index (κ3) is 5.23. The number of nitrogens with one attached hydrogen (secondary N) is 2. The molecule has 1 fully saturated rings. The van der Waals surface area contributed by atoms with Gasteiger partial charge in [0, 0.05) is 50.0 Å². The number of hydrogen-bond donors (Lipinski definition) is 2. The molecule has 0 saturated carbocycles. The van der Waals surface area contributed by atoms with Gasteiger partial charge in [0.2, 0.25) is 0 Å². The minimum Gasteiger partial charge on any atom is -0.338 e. The molecular formula is C20H28ClN5O. The van der Waals surface area contributed by atoms with Crippen LogP contribution in [-0.4, -0.2) is 47.2 Å². The first-order valence-electron chi connectivity index (χ1n) is 9.48. The second-order valence-electron chi connectivity index (χ2n) is 7.22. The molecule has 0 aliphatic carbocycles. The van der Waals surface area contributed by atoms with E-state index in [1.54, 1.807) is 6.20 Å². The van der Waals surface area contributed by atoms with E-state index >= 15 is 0 Å². The Kier molecular flexibility index (Phi) is 6.74. The lowest BCUT2D eigenvalue weighted by atomic mass is 9.85. The maximum atomic E-state index is 12.2. The van der Waals surface area contributed by atoms with Crippen molar-refractivity contribution in [3.63, 3.8) is 0 Å². The first-order valence-corrected chi connectivity index (χ1v) is 9.86. The van der Waals surface area contributed by atoms with Crippen LogP contribution in [-0.2, 0) is 13.5 Å². The molecule has 1 aliphatic heterocycles. The van der Waals surface area contributed by atoms with Gasteiger partial charge < -0.3 is 15.2 Å². The number of nitrogens with zero attached hydrogens (tertiary/aromatic N) is 3. The zero-order chi connectivity index (χ0) is 19.2. The van der Waals surface area contributed by atoms with Crippen LogP contribution in [0.1, 0.15) is 30.3 Å². The van der Waals surface area contributed by atoms with Gasteiger partial charge in [0.05, 0.1) is 0 Å². The summed E-state index contributed by atoms with van der Waals surface area (Å²) in [5, 5.41) is 6.72. The number of rotatable bonds is 6. The lowest BCUT2D eigenvalue weighted by Gasteiger charge is -2.39. The smallest absolute Gasteiger partial charge is 0.314 e. The Bertz CT molecular complexity index is 762. The van der Waals surface area contributed by atoms with Gasteiger partial charge in [0.15, 0.2) is 0 Å². The highest BCUT2D eigenvalue weighted by Crippen LogP contribution is 2.35. The van der Waals surface area contributed by atoms with Crippen molar-refractivity contribution in [3.8, 4) is 0 Å². The topological polar surface area (TPSA) is 62.2 Å². The Morgan fingerprint density at radius 2 is 2.19 bits per heavy atom. The van der Waals surface area contributed by atoms with Crippen molar-refractivity contribution >= 4 is 17.6 Å². The van der Waals surface area contributed by atoms with Crippen LogP contribution in [0.3, 0.4) is 0 Å². The number of benzene rings is 1. The van der Waals surface area contributed by atoms with Crippen molar-refractivity contribution in [2.45, 2.75) is 25.3 Å². The summed E-state index contributed by atoms with van der Waals surface area (Å²) in [5.74, 6) is 1.33. The van der Waals surface area contributed by atoms with E-state index in [1.165, 1.54) is 5.56 Å². The molecule has 6 nitrogen and oxygen atoms in total.